The number of nitrogens with zero attached hydrogens (tertiary/aromatic N) is 3. The molecule has 2 saturated heterocycles. The standard InChI is InChI=1S/C19H19N3O5S/c1-12-3-4-16(9-13(12)2)21-18-11-28(26,27)10-17(18)20(19(21)23)14-5-7-15(8-6-14)22(24)25/h3-9,17-18H,10-11H2,1-2H3/t17-,18-/m1/s1. The molecule has 0 N–H and O–H groups in total. The van der Waals surface area contributed by atoms with Gasteiger partial charge in [-0.15, -0.1) is 0 Å². The van der Waals surface area contributed by atoms with Crippen LogP contribution in [0.4, 0.5) is 21.9 Å². The summed E-state index contributed by atoms with van der Waals surface area (Å²) in [7, 11) is -3.29. The molecular formula is C19H19N3O5S. The molecule has 146 valence electrons. The van der Waals surface area contributed by atoms with Crippen molar-refractivity contribution in [1.82, 2.24) is 0 Å². The molecule has 8 nitrogen and oxygen atoms in total. The highest BCUT2D eigenvalue weighted by atomic mass is 32.2. The number of carbonyl (C=O) groups is 1. The summed E-state index contributed by atoms with van der Waals surface area (Å²) in [6.07, 6.45) is 0. The molecule has 2 fully saturated rings. The van der Waals surface area contributed by atoms with Crippen LogP contribution >= 0.6 is 0 Å². The fourth-order valence-electron chi connectivity index (χ4n) is 3.92. The quantitative estimate of drug-likeness (QED) is 0.447. The lowest BCUT2D eigenvalue weighted by molar-refractivity contribution is -0.384. The molecule has 0 unspecified atom stereocenters. The van der Waals surface area contributed by atoms with Crippen LogP contribution < -0.4 is 9.80 Å². The molecule has 4 rings (SSSR count). The summed E-state index contributed by atoms with van der Waals surface area (Å²) >= 11 is 0. The van der Waals surface area contributed by atoms with Gasteiger partial charge in [0.1, 0.15) is 0 Å². The van der Waals surface area contributed by atoms with Crippen LogP contribution in [-0.4, -0.2) is 43.0 Å². The number of hydrogen-bond acceptors (Lipinski definition) is 5. The number of benzene rings is 2. The van der Waals surface area contributed by atoms with Gasteiger partial charge in [0.25, 0.3) is 5.69 Å². The number of nitro groups is 1. The lowest BCUT2D eigenvalue weighted by atomic mass is 10.1. The first-order valence-corrected chi connectivity index (χ1v) is 10.6. The van der Waals surface area contributed by atoms with Crippen molar-refractivity contribution in [2.75, 3.05) is 21.3 Å². The minimum atomic E-state index is -3.29. The summed E-state index contributed by atoms with van der Waals surface area (Å²) in [5.41, 5.74) is 3.12. The molecule has 0 bridgehead atoms. The Bertz CT molecular complexity index is 1080. The maximum absolute atomic E-state index is 13.3. The Morgan fingerprint density at radius 3 is 2.00 bits per heavy atom. The van der Waals surface area contributed by atoms with Crippen molar-refractivity contribution in [1.29, 1.82) is 0 Å². The minimum absolute atomic E-state index is 0.0861. The van der Waals surface area contributed by atoms with Crippen molar-refractivity contribution in [2.45, 2.75) is 25.9 Å². The first-order valence-electron chi connectivity index (χ1n) is 8.82. The molecule has 0 saturated carbocycles. The predicted molar refractivity (Wildman–Crippen MR) is 106 cm³/mol. The maximum Gasteiger partial charge on any atom is 0.329 e. The number of non-ortho nitro benzene ring substituents is 1. The highest BCUT2D eigenvalue weighted by molar-refractivity contribution is 7.91. The molecule has 0 aliphatic carbocycles. The zero-order valence-corrected chi connectivity index (χ0v) is 16.2. The van der Waals surface area contributed by atoms with E-state index in [1.165, 1.54) is 29.2 Å². The lowest BCUT2D eigenvalue weighted by Crippen LogP contribution is -2.38. The van der Waals surface area contributed by atoms with Crippen LogP contribution in [0, 0.1) is 24.0 Å². The van der Waals surface area contributed by atoms with Gasteiger partial charge in [-0.2, -0.15) is 0 Å². The van der Waals surface area contributed by atoms with Crippen molar-refractivity contribution in [3.8, 4) is 0 Å². The van der Waals surface area contributed by atoms with Crippen LogP contribution in [0.25, 0.3) is 0 Å². The number of rotatable bonds is 3. The second kappa shape index (κ2) is 6.30. The maximum atomic E-state index is 13.3. The second-order valence-electron chi connectivity index (χ2n) is 7.28. The van der Waals surface area contributed by atoms with E-state index >= 15 is 0 Å². The number of aryl methyl sites for hydroxylation is 2. The largest absolute Gasteiger partial charge is 0.329 e. The molecule has 2 aliphatic heterocycles. The van der Waals surface area contributed by atoms with Crippen LogP contribution in [0.5, 0.6) is 0 Å². The van der Waals surface area contributed by atoms with Crippen LogP contribution in [0.3, 0.4) is 0 Å². The Labute approximate surface area is 162 Å². The van der Waals surface area contributed by atoms with Gasteiger partial charge in [0.2, 0.25) is 0 Å². The van der Waals surface area contributed by atoms with Gasteiger partial charge < -0.3 is 0 Å². The SMILES string of the molecule is Cc1ccc(N2C(=O)N(c3ccc([N+](=O)[O-])cc3)[C@@H]3CS(=O)(=O)C[C@H]32)cc1C. The van der Waals surface area contributed by atoms with Crippen molar-refractivity contribution in [3.63, 3.8) is 0 Å². The smallest absolute Gasteiger partial charge is 0.288 e. The predicted octanol–water partition coefficient (Wildman–Crippen LogP) is 2.82. The van der Waals surface area contributed by atoms with Gasteiger partial charge in [-0.05, 0) is 49.2 Å². The molecule has 2 aliphatic rings. The van der Waals surface area contributed by atoms with Crippen LogP contribution in [0.15, 0.2) is 42.5 Å². The topological polar surface area (TPSA) is 101 Å². The van der Waals surface area contributed by atoms with Gasteiger partial charge in [-0.1, -0.05) is 6.07 Å². The number of anilines is 2. The zero-order chi connectivity index (χ0) is 20.2. The summed E-state index contributed by atoms with van der Waals surface area (Å²) < 4.78 is 24.6. The highest BCUT2D eigenvalue weighted by Gasteiger charge is 2.54. The first-order chi connectivity index (χ1) is 13.2. The first kappa shape index (κ1) is 18.4. The van der Waals surface area contributed by atoms with E-state index in [0.29, 0.717) is 11.4 Å². The molecule has 2 amide bonds. The van der Waals surface area contributed by atoms with E-state index in [1.807, 2.05) is 32.0 Å². The third-order valence-electron chi connectivity index (χ3n) is 5.48. The van der Waals surface area contributed by atoms with E-state index in [0.717, 1.165) is 11.1 Å². The van der Waals surface area contributed by atoms with Gasteiger partial charge in [0.05, 0.1) is 28.5 Å². The van der Waals surface area contributed by atoms with E-state index < -0.39 is 26.8 Å². The molecule has 0 aromatic heterocycles. The fourth-order valence-corrected chi connectivity index (χ4v) is 5.84. The molecule has 2 aromatic carbocycles. The highest BCUT2D eigenvalue weighted by Crippen LogP contribution is 2.38. The molecular weight excluding hydrogens is 382 g/mol. The molecule has 2 aromatic rings. The summed E-state index contributed by atoms with van der Waals surface area (Å²) in [5, 5.41) is 10.9. The van der Waals surface area contributed by atoms with Crippen molar-refractivity contribution in [3.05, 3.63) is 63.7 Å². The number of amides is 2. The van der Waals surface area contributed by atoms with E-state index in [4.69, 9.17) is 0 Å². The Morgan fingerprint density at radius 2 is 1.46 bits per heavy atom. The normalized spacial score (nSPS) is 23.1. The number of sulfone groups is 1. The molecule has 2 atom stereocenters. The Hall–Kier alpha value is -2.94. The van der Waals surface area contributed by atoms with Gasteiger partial charge in [-0.3, -0.25) is 19.9 Å². The lowest BCUT2D eigenvalue weighted by Gasteiger charge is -2.23. The number of fused-ring (bicyclic) bond motifs is 1. The molecule has 0 radical (unpaired) electrons. The van der Waals surface area contributed by atoms with Crippen molar-refractivity contribution < 1.29 is 18.1 Å². The molecule has 0 spiro atoms. The number of hydrogen-bond donors (Lipinski definition) is 0. The Balaban J connectivity index is 1.78. The van der Waals surface area contributed by atoms with E-state index in [2.05, 4.69) is 0 Å². The van der Waals surface area contributed by atoms with Crippen LogP contribution in [0.1, 0.15) is 11.1 Å². The average molecular weight is 401 g/mol. The van der Waals surface area contributed by atoms with E-state index in [1.54, 1.807) is 4.90 Å². The van der Waals surface area contributed by atoms with Gasteiger partial charge in [-0.25, -0.2) is 13.2 Å². The summed E-state index contributed by atoms with van der Waals surface area (Å²) in [6.45, 7) is 3.91. The van der Waals surface area contributed by atoms with Crippen LogP contribution in [0.2, 0.25) is 0 Å². The zero-order valence-electron chi connectivity index (χ0n) is 15.4. The number of nitro benzene ring substituents is 1. The molecule has 28 heavy (non-hydrogen) atoms. The summed E-state index contributed by atoms with van der Waals surface area (Å²) in [5.74, 6) is -0.221. The number of carbonyl (C=O) groups excluding carboxylic acids is 1. The third-order valence-corrected chi connectivity index (χ3v) is 7.18. The average Bonchev–Trinajstić information content (AvgIpc) is 3.06. The van der Waals surface area contributed by atoms with Gasteiger partial charge in [0, 0.05) is 23.5 Å². The minimum Gasteiger partial charge on any atom is -0.288 e. The van der Waals surface area contributed by atoms with E-state index in [9.17, 15) is 23.3 Å². The monoisotopic (exact) mass is 401 g/mol. The van der Waals surface area contributed by atoms with Crippen molar-refractivity contribution in [2.24, 2.45) is 0 Å². The number of urea groups is 1. The molecule has 9 heteroatoms. The Morgan fingerprint density at radius 1 is 0.929 bits per heavy atom. The summed E-state index contributed by atoms with van der Waals surface area (Å²) in [6, 6.07) is 9.89. The van der Waals surface area contributed by atoms with E-state index in [-0.39, 0.29) is 23.2 Å². The Kier molecular flexibility index (Phi) is 4.15. The van der Waals surface area contributed by atoms with Gasteiger partial charge in [0.15, 0.2) is 9.84 Å². The van der Waals surface area contributed by atoms with Crippen LogP contribution in [-0.2, 0) is 9.84 Å². The molecule has 2 heterocycles. The fraction of sp³-hybridized carbons (Fsp3) is 0.316. The van der Waals surface area contributed by atoms with Crippen molar-refractivity contribution >= 4 is 32.9 Å². The van der Waals surface area contributed by atoms with Gasteiger partial charge >= 0.3 is 6.03 Å². The second-order valence-corrected chi connectivity index (χ2v) is 9.43. The summed E-state index contributed by atoms with van der Waals surface area (Å²) in [4.78, 5) is 26.7. The third kappa shape index (κ3) is 2.91.